The van der Waals surface area contributed by atoms with Gasteiger partial charge in [-0.05, 0) is 17.7 Å². The summed E-state index contributed by atoms with van der Waals surface area (Å²) in [5.41, 5.74) is 6.11. The number of carboxylic acids is 1. The van der Waals surface area contributed by atoms with Crippen molar-refractivity contribution in [3.8, 4) is 5.75 Å². The summed E-state index contributed by atoms with van der Waals surface area (Å²) in [6.45, 7) is 0. The molecule has 0 saturated heterocycles. The van der Waals surface area contributed by atoms with Crippen molar-refractivity contribution < 1.29 is 19.0 Å². The van der Waals surface area contributed by atoms with Crippen LogP contribution in [-0.2, 0) is 10.5 Å². The fourth-order valence-electron chi connectivity index (χ4n) is 1.17. The van der Waals surface area contributed by atoms with Gasteiger partial charge in [0.1, 0.15) is 6.04 Å². The van der Waals surface area contributed by atoms with Crippen molar-refractivity contribution in [2.75, 3.05) is 12.9 Å². The van der Waals surface area contributed by atoms with Crippen LogP contribution in [0.2, 0.25) is 0 Å². The molecule has 1 rings (SSSR count). The molecule has 0 radical (unpaired) electrons. The summed E-state index contributed by atoms with van der Waals surface area (Å²) in [5, 5.41) is 8.58. The lowest BCUT2D eigenvalue weighted by Gasteiger charge is -2.07. The standard InChI is InChI=1S/C11H14FNO3S/c1-16-10-3-2-7(4-8(10)12)5-17-6-9(13)11(14)15/h2-4,9H,5-6,13H2,1H3,(H,14,15). The Hall–Kier alpha value is -1.27. The maximum absolute atomic E-state index is 13.3. The number of hydrogen-bond acceptors (Lipinski definition) is 4. The average molecular weight is 259 g/mol. The second kappa shape index (κ2) is 6.46. The van der Waals surface area contributed by atoms with Gasteiger partial charge >= 0.3 is 5.97 Å². The summed E-state index contributed by atoms with van der Waals surface area (Å²) in [4.78, 5) is 10.5. The lowest BCUT2D eigenvalue weighted by molar-refractivity contribution is -0.137. The van der Waals surface area contributed by atoms with Gasteiger partial charge in [0.15, 0.2) is 11.6 Å². The van der Waals surface area contributed by atoms with E-state index < -0.39 is 17.8 Å². The summed E-state index contributed by atoms with van der Waals surface area (Å²) >= 11 is 1.35. The van der Waals surface area contributed by atoms with Crippen molar-refractivity contribution in [2.45, 2.75) is 11.8 Å². The molecule has 1 aromatic rings. The Kier molecular flexibility index (Phi) is 5.24. The van der Waals surface area contributed by atoms with Gasteiger partial charge in [-0.15, -0.1) is 0 Å². The molecule has 4 nitrogen and oxygen atoms in total. The first-order chi connectivity index (χ1) is 8.04. The number of aliphatic carboxylic acids is 1. The molecule has 0 fully saturated rings. The summed E-state index contributed by atoms with van der Waals surface area (Å²) in [6, 6.07) is 3.77. The van der Waals surface area contributed by atoms with Crippen LogP contribution in [0, 0.1) is 5.82 Å². The van der Waals surface area contributed by atoms with E-state index >= 15 is 0 Å². The van der Waals surface area contributed by atoms with E-state index in [4.69, 9.17) is 15.6 Å². The fraction of sp³-hybridized carbons (Fsp3) is 0.364. The molecule has 0 aliphatic carbocycles. The molecule has 0 spiro atoms. The first kappa shape index (κ1) is 13.8. The van der Waals surface area contributed by atoms with Gasteiger partial charge in [-0.25, -0.2) is 4.39 Å². The first-order valence-corrected chi connectivity index (χ1v) is 6.08. The van der Waals surface area contributed by atoms with E-state index in [0.717, 1.165) is 5.56 Å². The molecule has 1 atom stereocenters. The molecule has 0 heterocycles. The van der Waals surface area contributed by atoms with Crippen LogP contribution in [0.25, 0.3) is 0 Å². The Morgan fingerprint density at radius 2 is 2.35 bits per heavy atom. The van der Waals surface area contributed by atoms with E-state index in [-0.39, 0.29) is 5.75 Å². The van der Waals surface area contributed by atoms with Crippen molar-refractivity contribution in [2.24, 2.45) is 5.73 Å². The van der Waals surface area contributed by atoms with Crippen molar-refractivity contribution in [3.05, 3.63) is 29.6 Å². The highest BCUT2D eigenvalue weighted by molar-refractivity contribution is 7.98. The van der Waals surface area contributed by atoms with E-state index in [1.807, 2.05) is 0 Å². The molecule has 0 aliphatic heterocycles. The number of carboxylic acid groups (broad SMARTS) is 1. The Bertz CT molecular complexity index is 400. The van der Waals surface area contributed by atoms with Crippen LogP contribution in [0.1, 0.15) is 5.56 Å². The third kappa shape index (κ3) is 4.24. The van der Waals surface area contributed by atoms with Crippen LogP contribution in [-0.4, -0.2) is 30.0 Å². The molecule has 0 aromatic heterocycles. The minimum absolute atomic E-state index is 0.195. The zero-order valence-corrected chi connectivity index (χ0v) is 10.2. The Morgan fingerprint density at radius 3 is 2.88 bits per heavy atom. The number of rotatable bonds is 6. The molecule has 94 valence electrons. The van der Waals surface area contributed by atoms with Crippen molar-refractivity contribution in [1.82, 2.24) is 0 Å². The second-order valence-corrected chi connectivity index (χ2v) is 4.46. The topological polar surface area (TPSA) is 72.5 Å². The zero-order valence-electron chi connectivity index (χ0n) is 9.35. The van der Waals surface area contributed by atoms with Crippen LogP contribution in [0.15, 0.2) is 18.2 Å². The molecular weight excluding hydrogens is 245 g/mol. The van der Waals surface area contributed by atoms with E-state index in [1.54, 1.807) is 12.1 Å². The third-order valence-electron chi connectivity index (χ3n) is 2.10. The summed E-state index contributed by atoms with van der Waals surface area (Å²) in [6.07, 6.45) is 0. The number of methoxy groups -OCH3 is 1. The minimum atomic E-state index is -1.03. The maximum Gasteiger partial charge on any atom is 0.321 e. The van der Waals surface area contributed by atoms with E-state index in [9.17, 15) is 9.18 Å². The lowest BCUT2D eigenvalue weighted by Crippen LogP contribution is -2.32. The smallest absolute Gasteiger partial charge is 0.321 e. The molecule has 17 heavy (non-hydrogen) atoms. The number of ether oxygens (including phenoxy) is 1. The van der Waals surface area contributed by atoms with Crippen LogP contribution in [0.4, 0.5) is 4.39 Å². The van der Waals surface area contributed by atoms with E-state index in [1.165, 1.54) is 24.9 Å². The highest BCUT2D eigenvalue weighted by Gasteiger charge is 2.11. The molecule has 0 bridgehead atoms. The summed E-state index contributed by atoms with van der Waals surface area (Å²) in [7, 11) is 1.40. The SMILES string of the molecule is COc1ccc(CSCC(N)C(=O)O)cc1F. The Labute approximate surface area is 103 Å². The predicted molar refractivity (Wildman–Crippen MR) is 64.7 cm³/mol. The third-order valence-corrected chi connectivity index (χ3v) is 3.23. The van der Waals surface area contributed by atoms with Crippen molar-refractivity contribution in [1.29, 1.82) is 0 Å². The van der Waals surface area contributed by atoms with Gasteiger partial charge in [-0.2, -0.15) is 11.8 Å². The van der Waals surface area contributed by atoms with Crippen molar-refractivity contribution >= 4 is 17.7 Å². The van der Waals surface area contributed by atoms with Crippen LogP contribution < -0.4 is 10.5 Å². The molecular formula is C11H14FNO3S. The van der Waals surface area contributed by atoms with Crippen LogP contribution in [0.5, 0.6) is 5.75 Å². The van der Waals surface area contributed by atoms with Gasteiger partial charge in [-0.3, -0.25) is 4.79 Å². The monoisotopic (exact) mass is 259 g/mol. The summed E-state index contributed by atoms with van der Waals surface area (Å²) < 4.78 is 18.1. The van der Waals surface area contributed by atoms with Gasteiger partial charge in [0.25, 0.3) is 0 Å². The van der Waals surface area contributed by atoms with Crippen LogP contribution >= 0.6 is 11.8 Å². The molecule has 1 unspecified atom stereocenters. The van der Waals surface area contributed by atoms with Gasteiger partial charge in [0, 0.05) is 11.5 Å². The van der Waals surface area contributed by atoms with E-state index in [0.29, 0.717) is 11.5 Å². The number of benzene rings is 1. The second-order valence-electron chi connectivity index (χ2n) is 3.43. The Balaban J connectivity index is 2.47. The quantitative estimate of drug-likeness (QED) is 0.809. The van der Waals surface area contributed by atoms with Gasteiger partial charge in [0.05, 0.1) is 7.11 Å². The van der Waals surface area contributed by atoms with Gasteiger partial charge < -0.3 is 15.6 Å². The molecule has 0 saturated carbocycles. The molecule has 6 heteroatoms. The van der Waals surface area contributed by atoms with Gasteiger partial charge in [0.2, 0.25) is 0 Å². The molecule has 1 aromatic carbocycles. The number of hydrogen-bond donors (Lipinski definition) is 2. The van der Waals surface area contributed by atoms with Crippen LogP contribution in [0.3, 0.4) is 0 Å². The van der Waals surface area contributed by atoms with Gasteiger partial charge in [-0.1, -0.05) is 6.07 Å². The summed E-state index contributed by atoms with van der Waals surface area (Å²) in [5.74, 6) is -0.447. The number of halogens is 1. The van der Waals surface area contributed by atoms with Crippen molar-refractivity contribution in [3.63, 3.8) is 0 Å². The first-order valence-electron chi connectivity index (χ1n) is 4.93. The normalized spacial score (nSPS) is 12.2. The number of thioether (sulfide) groups is 1. The maximum atomic E-state index is 13.3. The highest BCUT2D eigenvalue weighted by atomic mass is 32.2. The molecule has 0 aliphatic rings. The largest absolute Gasteiger partial charge is 0.494 e. The zero-order chi connectivity index (χ0) is 12.8. The number of nitrogens with two attached hydrogens (primary N) is 1. The average Bonchev–Trinajstić information content (AvgIpc) is 2.29. The predicted octanol–water partition coefficient (Wildman–Crippen LogP) is 1.48. The fourth-order valence-corrected chi connectivity index (χ4v) is 2.10. The minimum Gasteiger partial charge on any atom is -0.494 e. The Morgan fingerprint density at radius 1 is 1.65 bits per heavy atom. The molecule has 3 N–H and O–H groups in total. The van der Waals surface area contributed by atoms with E-state index in [2.05, 4.69) is 0 Å². The molecule has 0 amide bonds. The highest BCUT2D eigenvalue weighted by Crippen LogP contribution is 2.20. The lowest BCUT2D eigenvalue weighted by atomic mass is 10.2. The number of carbonyl (C=O) groups is 1.